The normalized spacial score (nSPS) is 14.8. The maximum Gasteiger partial charge on any atom is 0.229 e. The number of nitrogens with two attached hydrogens (primary N) is 1. The molecule has 2 unspecified atom stereocenters. The molecule has 19 heavy (non-hydrogen) atoms. The first-order chi connectivity index (χ1) is 8.97. The molecule has 3 N–H and O–H groups in total. The van der Waals surface area contributed by atoms with Crippen molar-refractivity contribution >= 4 is 11.7 Å². The number of hydrogen-bond donors (Lipinski definition) is 2. The summed E-state index contributed by atoms with van der Waals surface area (Å²) in [4.78, 5) is 13.9. The van der Waals surface area contributed by atoms with Crippen molar-refractivity contribution in [2.45, 2.75) is 19.8 Å². The molecule has 1 rings (SSSR count). The molecule has 5 nitrogen and oxygen atoms in total. The molecule has 1 aromatic carbocycles. The molecule has 0 aliphatic carbocycles. The maximum atomic E-state index is 12.3. The summed E-state index contributed by atoms with van der Waals surface area (Å²) >= 11 is 0. The first-order valence-electron chi connectivity index (χ1n) is 6.24. The van der Waals surface area contributed by atoms with Gasteiger partial charge in [0.25, 0.3) is 0 Å². The van der Waals surface area contributed by atoms with Gasteiger partial charge in [0.2, 0.25) is 5.91 Å². The van der Waals surface area contributed by atoms with Crippen molar-refractivity contribution < 1.29 is 10.0 Å². The molecular formula is C14H21N3O2. The average molecular weight is 263 g/mol. The quantitative estimate of drug-likeness (QED) is 0.367. The van der Waals surface area contributed by atoms with Gasteiger partial charge in [-0.2, -0.15) is 0 Å². The number of oxime groups is 1. The largest absolute Gasteiger partial charge is 0.409 e. The van der Waals surface area contributed by atoms with E-state index in [0.29, 0.717) is 6.54 Å². The molecular weight excluding hydrogens is 242 g/mol. The lowest BCUT2D eigenvalue weighted by Crippen LogP contribution is -2.38. The zero-order valence-electron chi connectivity index (χ0n) is 11.6. The molecule has 0 fully saturated rings. The number of rotatable bonds is 5. The van der Waals surface area contributed by atoms with Crippen LogP contribution in [0.1, 0.15) is 25.3 Å². The van der Waals surface area contributed by atoms with Crippen LogP contribution in [-0.2, 0) is 4.79 Å². The summed E-state index contributed by atoms with van der Waals surface area (Å²) < 4.78 is 0. The molecule has 0 saturated carbocycles. The van der Waals surface area contributed by atoms with E-state index in [4.69, 9.17) is 10.9 Å². The van der Waals surface area contributed by atoms with E-state index in [-0.39, 0.29) is 23.6 Å². The van der Waals surface area contributed by atoms with Gasteiger partial charge in [0.05, 0.1) is 5.92 Å². The van der Waals surface area contributed by atoms with Crippen molar-refractivity contribution in [1.82, 2.24) is 4.90 Å². The fourth-order valence-electron chi connectivity index (χ4n) is 1.91. The van der Waals surface area contributed by atoms with Crippen molar-refractivity contribution in [3.63, 3.8) is 0 Å². The molecule has 1 amide bonds. The minimum Gasteiger partial charge on any atom is -0.409 e. The predicted octanol–water partition coefficient (Wildman–Crippen LogP) is 1.63. The first kappa shape index (κ1) is 15.0. The van der Waals surface area contributed by atoms with E-state index < -0.39 is 0 Å². The van der Waals surface area contributed by atoms with E-state index >= 15 is 0 Å². The molecule has 0 saturated heterocycles. The maximum absolute atomic E-state index is 12.3. The smallest absolute Gasteiger partial charge is 0.229 e. The molecule has 0 aliphatic rings. The Morgan fingerprint density at radius 3 is 2.47 bits per heavy atom. The molecule has 0 radical (unpaired) electrons. The number of hydrogen-bond acceptors (Lipinski definition) is 3. The Morgan fingerprint density at radius 1 is 1.37 bits per heavy atom. The third kappa shape index (κ3) is 3.98. The molecule has 0 aromatic heterocycles. The first-order valence-corrected chi connectivity index (χ1v) is 6.24. The van der Waals surface area contributed by atoms with Gasteiger partial charge in [0.15, 0.2) is 0 Å². The van der Waals surface area contributed by atoms with Crippen molar-refractivity contribution in [3.05, 3.63) is 35.9 Å². The van der Waals surface area contributed by atoms with E-state index in [1.807, 2.05) is 44.2 Å². The van der Waals surface area contributed by atoms with Crippen LogP contribution in [0.25, 0.3) is 0 Å². The van der Waals surface area contributed by atoms with E-state index in [1.165, 1.54) is 0 Å². The molecule has 0 heterocycles. The number of carbonyl (C=O) groups is 1. The van der Waals surface area contributed by atoms with Crippen LogP contribution < -0.4 is 5.73 Å². The van der Waals surface area contributed by atoms with Gasteiger partial charge < -0.3 is 15.8 Å². The fraction of sp³-hybridized carbons (Fsp3) is 0.429. The standard InChI is InChI=1S/C14H21N3O2/c1-10(13(15)16-19)9-17(3)14(18)11(2)12-7-5-4-6-8-12/h4-8,10-11,19H,9H2,1-3H3,(H2,15,16). The van der Waals surface area contributed by atoms with Gasteiger partial charge in [0, 0.05) is 19.5 Å². The lowest BCUT2D eigenvalue weighted by atomic mass is 9.99. The number of carbonyl (C=O) groups excluding carboxylic acids is 1. The summed E-state index contributed by atoms with van der Waals surface area (Å²) in [6, 6.07) is 9.62. The van der Waals surface area contributed by atoms with Crippen LogP contribution in [0.4, 0.5) is 0 Å². The van der Waals surface area contributed by atoms with E-state index in [1.54, 1.807) is 11.9 Å². The highest BCUT2D eigenvalue weighted by molar-refractivity contribution is 5.85. The van der Waals surface area contributed by atoms with Crippen molar-refractivity contribution in [1.29, 1.82) is 0 Å². The molecule has 0 aliphatic heterocycles. The number of likely N-dealkylation sites (N-methyl/N-ethyl adjacent to an activating group) is 1. The molecule has 5 heteroatoms. The van der Waals surface area contributed by atoms with Gasteiger partial charge in [-0.15, -0.1) is 0 Å². The second-order valence-corrected chi connectivity index (χ2v) is 4.78. The number of amides is 1. The van der Waals surface area contributed by atoms with Crippen LogP contribution in [0.2, 0.25) is 0 Å². The summed E-state index contributed by atoms with van der Waals surface area (Å²) in [5.74, 6) is -0.233. The Morgan fingerprint density at radius 2 is 1.95 bits per heavy atom. The summed E-state index contributed by atoms with van der Waals surface area (Å²) in [6.07, 6.45) is 0. The van der Waals surface area contributed by atoms with Crippen LogP contribution in [-0.4, -0.2) is 35.4 Å². The van der Waals surface area contributed by atoms with Crippen molar-refractivity contribution in [3.8, 4) is 0 Å². The third-order valence-corrected chi connectivity index (χ3v) is 3.21. The highest BCUT2D eigenvalue weighted by Crippen LogP contribution is 2.17. The molecule has 104 valence electrons. The van der Waals surface area contributed by atoms with Crippen LogP contribution in [0.5, 0.6) is 0 Å². The second-order valence-electron chi connectivity index (χ2n) is 4.78. The fourth-order valence-corrected chi connectivity index (χ4v) is 1.91. The zero-order chi connectivity index (χ0) is 14.4. The van der Waals surface area contributed by atoms with Gasteiger partial charge in [0.1, 0.15) is 5.84 Å². The summed E-state index contributed by atoms with van der Waals surface area (Å²) in [5.41, 5.74) is 6.50. The Hall–Kier alpha value is -2.04. The van der Waals surface area contributed by atoms with Gasteiger partial charge in [-0.1, -0.05) is 42.4 Å². The Balaban J connectivity index is 2.67. The van der Waals surface area contributed by atoms with Crippen molar-refractivity contribution in [2.75, 3.05) is 13.6 Å². The van der Waals surface area contributed by atoms with Crippen LogP contribution in [0, 0.1) is 5.92 Å². The van der Waals surface area contributed by atoms with Gasteiger partial charge in [-0.05, 0) is 12.5 Å². The second kappa shape index (κ2) is 6.78. The van der Waals surface area contributed by atoms with Crippen LogP contribution in [0.3, 0.4) is 0 Å². The van der Waals surface area contributed by atoms with Gasteiger partial charge in [-0.3, -0.25) is 4.79 Å². The Bertz CT molecular complexity index is 445. The third-order valence-electron chi connectivity index (χ3n) is 3.21. The Labute approximate surface area is 113 Å². The minimum absolute atomic E-state index is 0.0174. The number of benzene rings is 1. The van der Waals surface area contributed by atoms with E-state index in [2.05, 4.69) is 5.16 Å². The van der Waals surface area contributed by atoms with Gasteiger partial charge in [-0.25, -0.2) is 0 Å². The monoisotopic (exact) mass is 263 g/mol. The minimum atomic E-state index is -0.203. The zero-order valence-corrected chi connectivity index (χ0v) is 11.6. The summed E-state index contributed by atoms with van der Waals surface area (Å²) in [5, 5.41) is 11.6. The molecule has 0 bridgehead atoms. The van der Waals surface area contributed by atoms with Crippen LogP contribution in [0.15, 0.2) is 35.5 Å². The number of nitrogens with zero attached hydrogens (tertiary/aromatic N) is 2. The number of amidine groups is 1. The molecule has 2 atom stereocenters. The molecule has 0 spiro atoms. The predicted molar refractivity (Wildman–Crippen MR) is 75.1 cm³/mol. The van der Waals surface area contributed by atoms with E-state index in [9.17, 15) is 4.79 Å². The highest BCUT2D eigenvalue weighted by Gasteiger charge is 2.21. The summed E-state index contributed by atoms with van der Waals surface area (Å²) in [7, 11) is 1.73. The van der Waals surface area contributed by atoms with Gasteiger partial charge >= 0.3 is 0 Å². The molecule has 1 aromatic rings. The summed E-state index contributed by atoms with van der Waals surface area (Å²) in [6.45, 7) is 4.11. The lowest BCUT2D eigenvalue weighted by molar-refractivity contribution is -0.131. The highest BCUT2D eigenvalue weighted by atomic mass is 16.4. The SMILES string of the molecule is CC(CN(C)C(=O)C(C)c1ccccc1)/C(N)=N/O. The van der Waals surface area contributed by atoms with Crippen LogP contribution >= 0.6 is 0 Å². The average Bonchev–Trinajstić information content (AvgIpc) is 2.45. The van der Waals surface area contributed by atoms with Crippen molar-refractivity contribution in [2.24, 2.45) is 16.8 Å². The van der Waals surface area contributed by atoms with E-state index in [0.717, 1.165) is 5.56 Å². The Kier molecular flexibility index (Phi) is 5.36. The lowest BCUT2D eigenvalue weighted by Gasteiger charge is -2.24. The topological polar surface area (TPSA) is 78.9 Å².